The van der Waals surface area contributed by atoms with Crippen LogP contribution in [0.1, 0.15) is 23.2 Å². The van der Waals surface area contributed by atoms with Gasteiger partial charge in [-0.15, -0.1) is 0 Å². The fourth-order valence-corrected chi connectivity index (χ4v) is 1.38. The largest absolute Gasteiger partial charge is 0.434 e. The number of aromatic nitrogens is 1. The monoisotopic (exact) mass is 200 g/mol. The van der Waals surface area contributed by atoms with Gasteiger partial charge in [0, 0.05) is 6.92 Å². The van der Waals surface area contributed by atoms with E-state index >= 15 is 0 Å². The Hall–Kier alpha value is -2.15. The van der Waals surface area contributed by atoms with Crippen molar-refractivity contribution >= 4 is 16.9 Å². The number of rotatable bonds is 2. The topological polar surface area (TPSA) is 66.9 Å². The molecule has 4 nitrogen and oxygen atoms in total. The van der Waals surface area contributed by atoms with Gasteiger partial charge in [-0.25, -0.2) is 4.98 Å². The predicted molar refractivity (Wildman–Crippen MR) is 53.3 cm³/mol. The Kier molecular flexibility index (Phi) is 2.22. The zero-order valence-electron chi connectivity index (χ0n) is 8.15. The van der Waals surface area contributed by atoms with Crippen LogP contribution in [0.5, 0.6) is 0 Å². The molecule has 0 amide bonds. The molecule has 0 spiro atoms. The van der Waals surface area contributed by atoms with E-state index in [1.807, 2.05) is 6.07 Å². The first-order valence-electron chi connectivity index (χ1n) is 4.48. The summed E-state index contributed by atoms with van der Waals surface area (Å²) >= 11 is 0. The van der Waals surface area contributed by atoms with E-state index in [1.54, 1.807) is 18.2 Å². The molecule has 0 N–H and O–H groups in total. The lowest BCUT2D eigenvalue weighted by Gasteiger charge is -1.92. The fourth-order valence-electron chi connectivity index (χ4n) is 1.38. The highest BCUT2D eigenvalue weighted by molar-refractivity contribution is 5.92. The summed E-state index contributed by atoms with van der Waals surface area (Å²) in [5, 5.41) is 8.62. The lowest BCUT2D eigenvalue weighted by atomic mass is 10.1. The molecule has 0 fully saturated rings. The van der Waals surface area contributed by atoms with Gasteiger partial charge in [-0.1, -0.05) is 12.1 Å². The minimum absolute atomic E-state index is 0.0930. The minimum atomic E-state index is -0.214. The van der Waals surface area contributed by atoms with Crippen molar-refractivity contribution in [1.82, 2.24) is 4.98 Å². The summed E-state index contributed by atoms with van der Waals surface area (Å²) in [7, 11) is 0. The standard InChI is InChI=1S/C11H8N2O2/c1-7(14)11-13-10-8(5-6-12)3-2-4-9(10)15-11/h2-4H,5H2,1H3. The molecule has 1 aromatic carbocycles. The van der Waals surface area contributed by atoms with Crippen molar-refractivity contribution < 1.29 is 9.21 Å². The Morgan fingerprint density at radius 1 is 1.60 bits per heavy atom. The molecule has 0 saturated carbocycles. The van der Waals surface area contributed by atoms with Gasteiger partial charge in [0.25, 0.3) is 5.89 Å². The number of ketones is 1. The summed E-state index contributed by atoms with van der Waals surface area (Å²) in [6.45, 7) is 1.40. The smallest absolute Gasteiger partial charge is 0.263 e. The van der Waals surface area contributed by atoms with E-state index in [9.17, 15) is 4.79 Å². The lowest BCUT2D eigenvalue weighted by molar-refractivity contribution is 0.0983. The van der Waals surface area contributed by atoms with Crippen LogP contribution in [0.25, 0.3) is 11.1 Å². The normalized spacial score (nSPS) is 10.1. The molecule has 74 valence electrons. The number of hydrogen-bond donors (Lipinski definition) is 0. The summed E-state index contributed by atoms with van der Waals surface area (Å²) in [5.41, 5.74) is 1.93. The van der Waals surface area contributed by atoms with Crippen LogP contribution in [0.3, 0.4) is 0 Å². The SMILES string of the molecule is CC(=O)c1nc2c(CC#N)cccc2o1. The van der Waals surface area contributed by atoms with Crippen LogP contribution in [0.2, 0.25) is 0 Å². The first-order valence-corrected chi connectivity index (χ1v) is 4.48. The minimum Gasteiger partial charge on any atom is -0.434 e. The maximum Gasteiger partial charge on any atom is 0.263 e. The second-order valence-corrected chi connectivity index (χ2v) is 3.17. The van der Waals surface area contributed by atoms with E-state index in [0.29, 0.717) is 11.1 Å². The number of carbonyl (C=O) groups excluding carboxylic acids is 1. The van der Waals surface area contributed by atoms with Crippen molar-refractivity contribution in [3.63, 3.8) is 0 Å². The van der Waals surface area contributed by atoms with Gasteiger partial charge >= 0.3 is 0 Å². The van der Waals surface area contributed by atoms with Gasteiger partial charge in [-0.2, -0.15) is 5.26 Å². The number of hydrogen-bond acceptors (Lipinski definition) is 4. The predicted octanol–water partition coefficient (Wildman–Crippen LogP) is 2.10. The quantitative estimate of drug-likeness (QED) is 0.696. The van der Waals surface area contributed by atoms with Gasteiger partial charge in [0.1, 0.15) is 5.52 Å². The number of para-hydroxylation sites is 1. The number of nitriles is 1. The van der Waals surface area contributed by atoms with Crippen molar-refractivity contribution in [2.24, 2.45) is 0 Å². The maximum atomic E-state index is 11.1. The van der Waals surface area contributed by atoms with Crippen LogP contribution in [0.4, 0.5) is 0 Å². The first-order chi connectivity index (χ1) is 7.22. The summed E-state index contributed by atoms with van der Waals surface area (Å²) in [6, 6.07) is 7.37. The number of fused-ring (bicyclic) bond motifs is 1. The maximum absolute atomic E-state index is 11.1. The highest BCUT2D eigenvalue weighted by atomic mass is 16.4. The first kappa shape index (κ1) is 9.41. The molecule has 15 heavy (non-hydrogen) atoms. The van der Waals surface area contributed by atoms with Crippen LogP contribution in [-0.2, 0) is 6.42 Å². The molecule has 1 heterocycles. The summed E-state index contributed by atoms with van der Waals surface area (Å²) in [4.78, 5) is 15.1. The molecular formula is C11H8N2O2. The molecule has 0 saturated heterocycles. The van der Waals surface area contributed by atoms with E-state index in [4.69, 9.17) is 9.68 Å². The molecular weight excluding hydrogens is 192 g/mol. The number of carbonyl (C=O) groups is 1. The molecule has 1 aromatic heterocycles. The van der Waals surface area contributed by atoms with Crippen LogP contribution < -0.4 is 0 Å². The van der Waals surface area contributed by atoms with E-state index in [0.717, 1.165) is 5.56 Å². The number of benzene rings is 1. The summed E-state index contributed by atoms with van der Waals surface area (Å²) < 4.78 is 5.25. The van der Waals surface area contributed by atoms with Crippen molar-refractivity contribution in [3.05, 3.63) is 29.7 Å². The molecule has 4 heteroatoms. The van der Waals surface area contributed by atoms with E-state index in [2.05, 4.69) is 4.98 Å². The Labute approximate surface area is 86.1 Å². The van der Waals surface area contributed by atoms with Crippen LogP contribution in [0.15, 0.2) is 22.6 Å². The van der Waals surface area contributed by atoms with Gasteiger partial charge in [0.2, 0.25) is 5.78 Å². The van der Waals surface area contributed by atoms with Crippen molar-refractivity contribution in [2.75, 3.05) is 0 Å². The zero-order chi connectivity index (χ0) is 10.8. The number of Topliss-reactive ketones (excluding diaryl/α,β-unsaturated/α-hetero) is 1. The van der Waals surface area contributed by atoms with E-state index in [1.165, 1.54) is 6.92 Å². The Bertz CT molecular complexity index is 563. The Balaban J connectivity index is 2.65. The number of nitrogens with zero attached hydrogens (tertiary/aromatic N) is 2. The molecule has 2 rings (SSSR count). The molecule has 0 unspecified atom stereocenters. The van der Waals surface area contributed by atoms with Crippen molar-refractivity contribution in [2.45, 2.75) is 13.3 Å². The summed E-state index contributed by atoms with van der Waals surface area (Å²) in [6.07, 6.45) is 0.265. The van der Waals surface area contributed by atoms with E-state index < -0.39 is 0 Å². The molecule has 0 aliphatic rings. The molecule has 0 aliphatic carbocycles. The molecule has 0 atom stereocenters. The third kappa shape index (κ3) is 1.59. The average molecular weight is 200 g/mol. The molecule has 0 aliphatic heterocycles. The van der Waals surface area contributed by atoms with Gasteiger partial charge in [-0.3, -0.25) is 4.79 Å². The van der Waals surface area contributed by atoms with Crippen LogP contribution in [-0.4, -0.2) is 10.8 Å². The van der Waals surface area contributed by atoms with Crippen molar-refractivity contribution in [1.29, 1.82) is 5.26 Å². The van der Waals surface area contributed by atoms with Crippen LogP contribution >= 0.6 is 0 Å². The second-order valence-electron chi connectivity index (χ2n) is 3.17. The average Bonchev–Trinajstić information content (AvgIpc) is 2.63. The highest BCUT2D eigenvalue weighted by Crippen LogP contribution is 2.20. The van der Waals surface area contributed by atoms with Gasteiger partial charge in [0.15, 0.2) is 5.58 Å². The third-order valence-electron chi connectivity index (χ3n) is 2.07. The van der Waals surface area contributed by atoms with Gasteiger partial charge in [0.05, 0.1) is 12.5 Å². The highest BCUT2D eigenvalue weighted by Gasteiger charge is 2.12. The van der Waals surface area contributed by atoms with Crippen molar-refractivity contribution in [3.8, 4) is 6.07 Å². The molecule has 2 aromatic rings. The Morgan fingerprint density at radius 2 is 2.40 bits per heavy atom. The Morgan fingerprint density at radius 3 is 3.07 bits per heavy atom. The third-order valence-corrected chi connectivity index (χ3v) is 2.07. The van der Waals surface area contributed by atoms with Crippen LogP contribution in [0, 0.1) is 11.3 Å². The second kappa shape index (κ2) is 3.54. The summed E-state index contributed by atoms with van der Waals surface area (Å²) in [5.74, 6) is -0.121. The molecule has 0 radical (unpaired) electrons. The van der Waals surface area contributed by atoms with Gasteiger partial charge < -0.3 is 4.42 Å². The zero-order valence-corrected chi connectivity index (χ0v) is 8.15. The van der Waals surface area contributed by atoms with E-state index in [-0.39, 0.29) is 18.1 Å². The van der Waals surface area contributed by atoms with Gasteiger partial charge in [-0.05, 0) is 11.6 Å². The fraction of sp³-hybridized carbons (Fsp3) is 0.182. The molecule has 0 bridgehead atoms. The lowest BCUT2D eigenvalue weighted by Crippen LogP contribution is -1.91. The number of oxazole rings is 1.